The second kappa shape index (κ2) is 9.11. The number of rotatable bonds is 9. The molecule has 0 aromatic rings. The molecule has 2 rings (SSSR count). The van der Waals surface area contributed by atoms with Gasteiger partial charge in [0.2, 0.25) is 5.91 Å². The maximum absolute atomic E-state index is 12.7. The number of carbonyl (C=O) groups is 1. The first kappa shape index (κ1) is 18.8. The summed E-state index contributed by atoms with van der Waals surface area (Å²) in [4.78, 5) is 27.8. The molecule has 2 aliphatic rings. The molecule has 5 heteroatoms. The van der Waals surface area contributed by atoms with E-state index in [2.05, 4.69) is 30.5 Å². The molecule has 0 spiro atoms. The molecule has 0 aromatic carbocycles. The minimum Gasteiger partial charge on any atom is -0.342 e. The molecule has 24 heavy (non-hydrogen) atoms. The largest absolute Gasteiger partial charge is 0.342 e. The average Bonchev–Trinajstić information content (AvgIpc) is 3.21. The fraction of sp³-hybridized carbons (Fsp3) is 0.737. The Balaban J connectivity index is 1.93. The first-order valence-electron chi connectivity index (χ1n) is 9.24. The predicted molar refractivity (Wildman–Crippen MR) is 97.7 cm³/mol. The van der Waals surface area contributed by atoms with Crippen molar-refractivity contribution in [2.75, 3.05) is 32.7 Å². The minimum absolute atomic E-state index is 0.0703. The number of nitrogens with zero attached hydrogens (tertiary/aromatic N) is 3. The van der Waals surface area contributed by atoms with E-state index in [0.717, 1.165) is 51.9 Å². The van der Waals surface area contributed by atoms with Crippen LogP contribution in [0.2, 0.25) is 0 Å². The Morgan fingerprint density at radius 3 is 2.54 bits per heavy atom. The standard InChI is InChI=1S/C19H31N3O2/c1-4-7-15-8-9-21(12-15)19(23)10-18(11-20-24)22-13-16(5-2)17(6-3)14-22/h4,15,18H,1,5-14H2,2-3H3. The predicted octanol–water partition coefficient (Wildman–Crippen LogP) is 3.37. The van der Waals surface area contributed by atoms with Crippen molar-refractivity contribution in [1.29, 1.82) is 0 Å². The topological polar surface area (TPSA) is 53.0 Å². The molecule has 0 bridgehead atoms. The lowest BCUT2D eigenvalue weighted by Gasteiger charge is -2.27. The summed E-state index contributed by atoms with van der Waals surface area (Å²) in [6, 6.07) is -0.0703. The lowest BCUT2D eigenvalue weighted by molar-refractivity contribution is -0.131. The number of amides is 1. The van der Waals surface area contributed by atoms with Crippen molar-refractivity contribution >= 4 is 5.91 Å². The molecular formula is C19H31N3O2. The molecule has 2 unspecified atom stereocenters. The zero-order chi connectivity index (χ0) is 17.5. The lowest BCUT2D eigenvalue weighted by Crippen LogP contribution is -2.41. The van der Waals surface area contributed by atoms with Crippen LogP contribution in [-0.4, -0.2) is 54.5 Å². The van der Waals surface area contributed by atoms with Gasteiger partial charge in [-0.05, 0) is 31.6 Å². The number of carbonyl (C=O) groups excluding carboxylic acids is 1. The van der Waals surface area contributed by atoms with Gasteiger partial charge in [0.05, 0.1) is 6.54 Å². The van der Waals surface area contributed by atoms with Crippen molar-refractivity contribution in [3.05, 3.63) is 28.7 Å². The SMILES string of the molecule is C=CCC1CCN(C(=O)CC(CN=O)N2CC(CC)=C(CC)C2)C1. The zero-order valence-corrected chi connectivity index (χ0v) is 15.2. The third-order valence-electron chi connectivity index (χ3n) is 5.49. The Morgan fingerprint density at radius 1 is 1.33 bits per heavy atom. The lowest BCUT2D eigenvalue weighted by atomic mass is 10.1. The Labute approximate surface area is 145 Å². The van der Waals surface area contributed by atoms with Crippen LogP contribution in [0.25, 0.3) is 0 Å². The van der Waals surface area contributed by atoms with Crippen LogP contribution in [0.5, 0.6) is 0 Å². The summed E-state index contributed by atoms with van der Waals surface area (Å²) in [5, 5.41) is 3.11. The monoisotopic (exact) mass is 333 g/mol. The quantitative estimate of drug-likeness (QED) is 0.480. The van der Waals surface area contributed by atoms with Gasteiger partial charge in [0, 0.05) is 38.6 Å². The summed E-state index contributed by atoms with van der Waals surface area (Å²) < 4.78 is 0. The molecule has 1 fully saturated rings. The number of nitroso groups, excluding NO2 is 1. The molecule has 1 amide bonds. The Hall–Kier alpha value is -1.49. The van der Waals surface area contributed by atoms with Crippen LogP contribution in [-0.2, 0) is 4.79 Å². The fourth-order valence-electron chi connectivity index (χ4n) is 3.96. The highest BCUT2D eigenvalue weighted by Gasteiger charge is 2.31. The van der Waals surface area contributed by atoms with Crippen LogP contribution in [0, 0.1) is 10.8 Å². The molecule has 0 radical (unpaired) electrons. The zero-order valence-electron chi connectivity index (χ0n) is 15.2. The molecule has 0 aliphatic carbocycles. The summed E-state index contributed by atoms with van der Waals surface area (Å²) in [6.07, 6.45) is 6.46. The number of allylic oxidation sites excluding steroid dienone is 1. The van der Waals surface area contributed by atoms with Gasteiger partial charge in [-0.2, -0.15) is 4.91 Å². The van der Waals surface area contributed by atoms with Gasteiger partial charge in [0.15, 0.2) is 0 Å². The molecule has 1 saturated heterocycles. The van der Waals surface area contributed by atoms with Gasteiger partial charge in [-0.15, -0.1) is 6.58 Å². The molecule has 134 valence electrons. The summed E-state index contributed by atoms with van der Waals surface area (Å²) in [6.45, 7) is 11.8. The van der Waals surface area contributed by atoms with Crippen molar-refractivity contribution < 1.29 is 4.79 Å². The summed E-state index contributed by atoms with van der Waals surface area (Å²) in [5.74, 6) is 0.708. The van der Waals surface area contributed by atoms with E-state index in [-0.39, 0.29) is 18.5 Å². The van der Waals surface area contributed by atoms with Crippen molar-refractivity contribution in [3.63, 3.8) is 0 Å². The molecule has 0 N–H and O–H groups in total. The van der Waals surface area contributed by atoms with Gasteiger partial charge in [-0.3, -0.25) is 9.69 Å². The van der Waals surface area contributed by atoms with Crippen molar-refractivity contribution in [1.82, 2.24) is 9.80 Å². The van der Waals surface area contributed by atoms with Crippen molar-refractivity contribution in [2.24, 2.45) is 11.1 Å². The molecule has 2 aliphatic heterocycles. The van der Waals surface area contributed by atoms with E-state index in [1.807, 2.05) is 11.0 Å². The second-order valence-electron chi connectivity index (χ2n) is 7.01. The first-order valence-corrected chi connectivity index (χ1v) is 9.24. The van der Waals surface area contributed by atoms with E-state index in [1.54, 1.807) is 0 Å². The Morgan fingerprint density at radius 2 is 2.00 bits per heavy atom. The highest BCUT2D eigenvalue weighted by atomic mass is 16.3. The van der Waals surface area contributed by atoms with Crippen molar-refractivity contribution in [2.45, 2.75) is 52.0 Å². The van der Waals surface area contributed by atoms with Gasteiger partial charge in [-0.1, -0.05) is 36.2 Å². The molecule has 0 saturated carbocycles. The molecule has 0 aromatic heterocycles. The maximum Gasteiger partial charge on any atom is 0.224 e. The first-order chi connectivity index (χ1) is 11.6. The second-order valence-corrected chi connectivity index (χ2v) is 7.01. The van der Waals surface area contributed by atoms with Crippen molar-refractivity contribution in [3.8, 4) is 0 Å². The van der Waals surface area contributed by atoms with Gasteiger partial charge < -0.3 is 4.90 Å². The van der Waals surface area contributed by atoms with Gasteiger partial charge >= 0.3 is 0 Å². The van der Waals surface area contributed by atoms with E-state index < -0.39 is 0 Å². The van der Waals surface area contributed by atoms with Crippen LogP contribution in [0.1, 0.15) is 46.0 Å². The third-order valence-corrected chi connectivity index (χ3v) is 5.49. The van der Waals surface area contributed by atoms with Crippen LogP contribution in [0.3, 0.4) is 0 Å². The van der Waals surface area contributed by atoms with Crippen LogP contribution in [0.4, 0.5) is 0 Å². The highest BCUT2D eigenvalue weighted by Crippen LogP contribution is 2.26. The minimum atomic E-state index is -0.0703. The van der Waals surface area contributed by atoms with E-state index in [9.17, 15) is 9.70 Å². The maximum atomic E-state index is 12.7. The number of hydrogen-bond donors (Lipinski definition) is 0. The fourth-order valence-corrected chi connectivity index (χ4v) is 3.96. The van der Waals surface area contributed by atoms with Crippen LogP contribution >= 0.6 is 0 Å². The van der Waals surface area contributed by atoms with Gasteiger partial charge in [0.25, 0.3) is 0 Å². The molecule has 2 atom stereocenters. The van der Waals surface area contributed by atoms with Crippen LogP contribution in [0.15, 0.2) is 29.0 Å². The number of hydrogen-bond acceptors (Lipinski definition) is 4. The number of likely N-dealkylation sites (tertiary alicyclic amines) is 1. The van der Waals surface area contributed by atoms with E-state index in [4.69, 9.17) is 0 Å². The molecular weight excluding hydrogens is 302 g/mol. The normalized spacial score (nSPS) is 22.9. The smallest absolute Gasteiger partial charge is 0.224 e. The van der Waals surface area contributed by atoms with Gasteiger partial charge in [0.1, 0.15) is 0 Å². The summed E-state index contributed by atoms with van der Waals surface area (Å²) in [7, 11) is 0. The summed E-state index contributed by atoms with van der Waals surface area (Å²) >= 11 is 0. The van der Waals surface area contributed by atoms with E-state index in [0.29, 0.717) is 12.3 Å². The summed E-state index contributed by atoms with van der Waals surface area (Å²) in [5.41, 5.74) is 2.93. The Bertz CT molecular complexity index is 485. The van der Waals surface area contributed by atoms with Gasteiger partial charge in [-0.25, -0.2) is 0 Å². The third kappa shape index (κ3) is 4.53. The highest BCUT2D eigenvalue weighted by molar-refractivity contribution is 5.77. The average molecular weight is 333 g/mol. The van der Waals surface area contributed by atoms with Crippen LogP contribution < -0.4 is 0 Å². The molecule has 2 heterocycles. The van der Waals surface area contributed by atoms with E-state index in [1.165, 1.54) is 11.1 Å². The van der Waals surface area contributed by atoms with E-state index >= 15 is 0 Å². The Kier molecular flexibility index (Phi) is 7.16. The molecule has 5 nitrogen and oxygen atoms in total.